The number of nitrogens with zero attached hydrogens (tertiary/aromatic N) is 1. The molecule has 108 valence electrons. The van der Waals surface area contributed by atoms with Crippen LogP contribution in [0.25, 0.3) is 0 Å². The van der Waals surface area contributed by atoms with Crippen molar-refractivity contribution in [3.8, 4) is 5.75 Å². The van der Waals surface area contributed by atoms with E-state index in [9.17, 15) is 4.79 Å². The van der Waals surface area contributed by atoms with Gasteiger partial charge in [-0.25, -0.2) is 4.79 Å². The highest BCUT2D eigenvalue weighted by Gasteiger charge is 2.19. The molecule has 1 aliphatic rings. The largest absolute Gasteiger partial charge is 0.465 e. The van der Waals surface area contributed by atoms with E-state index >= 15 is 0 Å². The molecule has 20 heavy (non-hydrogen) atoms. The lowest BCUT2D eigenvalue weighted by atomic mass is 10.00. The van der Waals surface area contributed by atoms with Gasteiger partial charge in [0.05, 0.1) is 12.7 Å². The Balaban J connectivity index is 1.92. The van der Waals surface area contributed by atoms with Crippen molar-refractivity contribution in [2.75, 3.05) is 20.2 Å². The molecule has 1 aromatic rings. The van der Waals surface area contributed by atoms with Crippen LogP contribution in [0.4, 0.5) is 0 Å². The van der Waals surface area contributed by atoms with Crippen molar-refractivity contribution in [1.82, 2.24) is 4.90 Å². The number of piperidine rings is 1. The minimum Gasteiger partial charge on any atom is -0.465 e. The number of benzene rings is 1. The smallest absolute Gasteiger partial charge is 0.337 e. The number of methoxy groups -OCH3 is 1. The summed E-state index contributed by atoms with van der Waals surface area (Å²) in [5.74, 6) is 1.04. The molecule has 0 radical (unpaired) electrons. The molecule has 4 nitrogen and oxygen atoms in total. The van der Waals surface area contributed by atoms with E-state index in [1.165, 1.54) is 7.11 Å². The number of carbonyl (C=O) groups excluding carboxylic acids is 1. The summed E-state index contributed by atoms with van der Waals surface area (Å²) in [4.78, 5) is 13.4. The first-order valence-electron chi connectivity index (χ1n) is 6.75. The Morgan fingerprint density at radius 1 is 1.25 bits per heavy atom. The second kappa shape index (κ2) is 6.70. The molecule has 0 aromatic heterocycles. The maximum absolute atomic E-state index is 11.3. The molecule has 0 aliphatic carbocycles. The van der Waals surface area contributed by atoms with E-state index in [1.807, 2.05) is 0 Å². The first kappa shape index (κ1) is 14.8. The Hall–Kier alpha value is -1.62. The highest BCUT2D eigenvalue weighted by Crippen LogP contribution is 2.19. The maximum atomic E-state index is 11.3. The van der Waals surface area contributed by atoms with Crippen molar-refractivity contribution in [2.45, 2.75) is 19.8 Å². The summed E-state index contributed by atoms with van der Waals surface area (Å²) < 4.78 is 10.3. The molecule has 0 spiro atoms. The Kier molecular flexibility index (Phi) is 4.95. The highest BCUT2D eigenvalue weighted by molar-refractivity contribution is 7.80. The van der Waals surface area contributed by atoms with Gasteiger partial charge in [0, 0.05) is 13.1 Å². The van der Waals surface area contributed by atoms with Gasteiger partial charge >= 0.3 is 5.97 Å². The average molecular weight is 293 g/mol. The van der Waals surface area contributed by atoms with Crippen LogP contribution in [-0.2, 0) is 4.74 Å². The van der Waals surface area contributed by atoms with Crippen LogP contribution >= 0.6 is 12.2 Å². The van der Waals surface area contributed by atoms with Gasteiger partial charge in [0.1, 0.15) is 5.75 Å². The molecule has 0 saturated carbocycles. The molecule has 0 atom stereocenters. The number of thiocarbonyl (C=S) groups is 1. The molecule has 1 saturated heterocycles. The minimum absolute atomic E-state index is 0.357. The molecule has 0 N–H and O–H groups in total. The summed E-state index contributed by atoms with van der Waals surface area (Å²) in [5, 5.41) is 0.503. The fourth-order valence-electron chi connectivity index (χ4n) is 2.13. The van der Waals surface area contributed by atoms with Gasteiger partial charge in [-0.2, -0.15) is 0 Å². The van der Waals surface area contributed by atoms with Crippen LogP contribution in [0, 0.1) is 5.92 Å². The maximum Gasteiger partial charge on any atom is 0.337 e. The standard InChI is InChI=1S/C15H19NO3S/c1-11-7-9-16(10-8-11)15(20)19-13-5-3-12(4-6-13)14(17)18-2/h3-6,11H,7-10H2,1-2H3. The van der Waals surface area contributed by atoms with Gasteiger partial charge in [-0.05, 0) is 55.2 Å². The van der Waals surface area contributed by atoms with Crippen molar-refractivity contribution in [3.63, 3.8) is 0 Å². The van der Waals surface area contributed by atoms with E-state index in [-0.39, 0.29) is 5.97 Å². The number of hydrogen-bond acceptors (Lipinski definition) is 4. The molecule has 5 heteroatoms. The average Bonchev–Trinajstić information content (AvgIpc) is 2.48. The molecule has 1 heterocycles. The zero-order valence-electron chi connectivity index (χ0n) is 11.8. The number of hydrogen-bond donors (Lipinski definition) is 0. The molecule has 0 unspecified atom stereocenters. The third-order valence-corrected chi connectivity index (χ3v) is 3.86. The summed E-state index contributed by atoms with van der Waals surface area (Å²) in [5.41, 5.74) is 0.498. The van der Waals surface area contributed by atoms with Crippen LogP contribution in [0.15, 0.2) is 24.3 Å². The molecule has 1 fully saturated rings. The van der Waals surface area contributed by atoms with Gasteiger partial charge in [-0.1, -0.05) is 6.92 Å². The van der Waals surface area contributed by atoms with Crippen LogP contribution in [0.5, 0.6) is 5.75 Å². The highest BCUT2D eigenvalue weighted by atomic mass is 32.1. The van der Waals surface area contributed by atoms with E-state index in [4.69, 9.17) is 17.0 Å². The summed E-state index contributed by atoms with van der Waals surface area (Å²) in [6.45, 7) is 4.15. The molecule has 0 bridgehead atoms. The summed E-state index contributed by atoms with van der Waals surface area (Å²) in [7, 11) is 1.36. The van der Waals surface area contributed by atoms with Crippen LogP contribution in [0.2, 0.25) is 0 Å². The minimum atomic E-state index is -0.357. The molecule has 0 amide bonds. The van der Waals surface area contributed by atoms with Gasteiger partial charge in [-0.15, -0.1) is 0 Å². The lowest BCUT2D eigenvalue weighted by Gasteiger charge is -2.31. The SMILES string of the molecule is COC(=O)c1ccc(OC(=S)N2CCC(C)CC2)cc1. The predicted molar refractivity (Wildman–Crippen MR) is 81.0 cm³/mol. The normalized spacial score (nSPS) is 15.8. The Labute approximate surface area is 124 Å². The Morgan fingerprint density at radius 2 is 1.85 bits per heavy atom. The fourth-order valence-corrected chi connectivity index (χ4v) is 2.41. The van der Waals surface area contributed by atoms with Crippen molar-refractivity contribution in [1.29, 1.82) is 0 Å². The lowest BCUT2D eigenvalue weighted by molar-refractivity contribution is 0.0600. The quantitative estimate of drug-likeness (QED) is 0.619. The zero-order chi connectivity index (χ0) is 14.5. The second-order valence-electron chi connectivity index (χ2n) is 5.05. The third-order valence-electron chi connectivity index (χ3n) is 3.52. The number of rotatable bonds is 2. The molecule has 1 aromatic carbocycles. The van der Waals surface area contributed by atoms with Crippen LogP contribution in [-0.4, -0.2) is 36.2 Å². The van der Waals surface area contributed by atoms with Crippen molar-refractivity contribution in [3.05, 3.63) is 29.8 Å². The number of esters is 1. The monoisotopic (exact) mass is 293 g/mol. The van der Waals surface area contributed by atoms with Gasteiger partial charge in [-0.3, -0.25) is 0 Å². The van der Waals surface area contributed by atoms with Crippen LogP contribution < -0.4 is 4.74 Å². The van der Waals surface area contributed by atoms with Crippen molar-refractivity contribution < 1.29 is 14.3 Å². The Bertz CT molecular complexity index is 478. The van der Waals surface area contributed by atoms with Gasteiger partial charge in [0.25, 0.3) is 5.17 Å². The first-order valence-corrected chi connectivity index (χ1v) is 7.16. The van der Waals surface area contributed by atoms with E-state index in [1.54, 1.807) is 24.3 Å². The number of carbonyl (C=O) groups is 1. The zero-order valence-corrected chi connectivity index (χ0v) is 12.6. The third kappa shape index (κ3) is 3.70. The van der Waals surface area contributed by atoms with Crippen LogP contribution in [0.1, 0.15) is 30.1 Å². The lowest BCUT2D eigenvalue weighted by Crippen LogP contribution is -2.39. The summed E-state index contributed by atoms with van der Waals surface area (Å²) >= 11 is 5.31. The molecule has 2 rings (SSSR count). The second-order valence-corrected chi connectivity index (χ2v) is 5.40. The van der Waals surface area contributed by atoms with E-state index in [0.29, 0.717) is 16.5 Å². The summed E-state index contributed by atoms with van der Waals surface area (Å²) in [6.07, 6.45) is 2.29. The van der Waals surface area contributed by atoms with E-state index in [2.05, 4.69) is 16.6 Å². The van der Waals surface area contributed by atoms with Crippen molar-refractivity contribution >= 4 is 23.4 Å². The fraction of sp³-hybridized carbons (Fsp3) is 0.467. The topological polar surface area (TPSA) is 38.8 Å². The van der Waals surface area contributed by atoms with Crippen molar-refractivity contribution in [2.24, 2.45) is 5.92 Å². The van der Waals surface area contributed by atoms with E-state index < -0.39 is 0 Å². The molecule has 1 aliphatic heterocycles. The summed E-state index contributed by atoms with van der Waals surface area (Å²) in [6, 6.07) is 6.79. The number of likely N-dealkylation sites (tertiary alicyclic amines) is 1. The van der Waals surface area contributed by atoms with Gasteiger partial charge in [0.15, 0.2) is 0 Å². The van der Waals surface area contributed by atoms with E-state index in [0.717, 1.165) is 31.8 Å². The van der Waals surface area contributed by atoms with Gasteiger partial charge in [0.2, 0.25) is 0 Å². The molecular formula is C15H19NO3S. The first-order chi connectivity index (χ1) is 9.60. The molecular weight excluding hydrogens is 274 g/mol. The Morgan fingerprint density at radius 3 is 2.40 bits per heavy atom. The number of ether oxygens (including phenoxy) is 2. The van der Waals surface area contributed by atoms with Gasteiger partial charge < -0.3 is 14.4 Å². The van der Waals surface area contributed by atoms with Crippen LogP contribution in [0.3, 0.4) is 0 Å². The predicted octanol–water partition coefficient (Wildman–Crippen LogP) is 2.87.